The molecule has 3 rings (SSSR count). The minimum Gasteiger partial charge on any atom is -0.365 e. The van der Waals surface area contributed by atoms with E-state index >= 15 is 0 Å². The van der Waals surface area contributed by atoms with E-state index in [1.165, 1.54) is 12.0 Å². The summed E-state index contributed by atoms with van der Waals surface area (Å²) in [7, 11) is 2.21. The second-order valence-electron chi connectivity index (χ2n) is 6.82. The summed E-state index contributed by atoms with van der Waals surface area (Å²) in [5.74, 6) is 1.63. The van der Waals surface area contributed by atoms with Crippen LogP contribution in [-0.4, -0.2) is 45.3 Å². The van der Waals surface area contributed by atoms with Crippen molar-refractivity contribution in [3.05, 3.63) is 42.4 Å². The molecule has 0 saturated carbocycles. The first-order valence-corrected chi connectivity index (χ1v) is 8.51. The van der Waals surface area contributed by atoms with Crippen molar-refractivity contribution in [2.24, 2.45) is 5.92 Å². The molecule has 3 atom stereocenters. The lowest BCUT2D eigenvalue weighted by Crippen LogP contribution is -2.48. The summed E-state index contributed by atoms with van der Waals surface area (Å²) in [5.41, 5.74) is 1.29. The van der Waals surface area contributed by atoms with Gasteiger partial charge in [0.05, 0.1) is 0 Å². The Morgan fingerprint density at radius 1 is 1.22 bits per heavy atom. The van der Waals surface area contributed by atoms with Gasteiger partial charge in [-0.15, -0.1) is 0 Å². The number of nitrogens with one attached hydrogen (secondary N) is 1. The number of aromatic nitrogens is 3. The monoisotopic (exact) mass is 313 g/mol. The Balaban J connectivity index is 1.55. The van der Waals surface area contributed by atoms with Crippen LogP contribution in [0.1, 0.15) is 25.8 Å². The van der Waals surface area contributed by atoms with Crippen LogP contribution in [0.2, 0.25) is 0 Å². The van der Waals surface area contributed by atoms with Crippen LogP contribution in [0.25, 0.3) is 0 Å². The SMILES string of the molecule is C[C@@H]1CN(C)[C@@H](C)C[C@@H]1Nc1ccn(CCc2ccncc2)n1. The van der Waals surface area contributed by atoms with Gasteiger partial charge in [0.1, 0.15) is 5.82 Å². The van der Waals surface area contributed by atoms with Crippen LogP contribution in [0.5, 0.6) is 0 Å². The van der Waals surface area contributed by atoms with Gasteiger partial charge in [-0.3, -0.25) is 9.67 Å². The van der Waals surface area contributed by atoms with Crippen molar-refractivity contribution in [2.45, 2.75) is 45.3 Å². The summed E-state index contributed by atoms with van der Waals surface area (Å²) in [6.45, 7) is 6.65. The second kappa shape index (κ2) is 7.13. The van der Waals surface area contributed by atoms with Crippen LogP contribution < -0.4 is 5.32 Å². The van der Waals surface area contributed by atoms with E-state index in [0.717, 1.165) is 25.3 Å². The molecule has 0 radical (unpaired) electrons. The minimum absolute atomic E-state index is 0.504. The molecule has 5 heteroatoms. The number of rotatable bonds is 5. The van der Waals surface area contributed by atoms with Gasteiger partial charge in [-0.05, 0) is 50.4 Å². The summed E-state index contributed by atoms with van der Waals surface area (Å²) in [6.07, 6.45) is 7.89. The zero-order valence-corrected chi connectivity index (χ0v) is 14.3. The molecule has 0 unspecified atom stereocenters. The predicted octanol–water partition coefficient (Wildman–Crippen LogP) is 2.66. The van der Waals surface area contributed by atoms with Gasteiger partial charge in [0.15, 0.2) is 0 Å². The molecule has 1 aliphatic heterocycles. The first-order chi connectivity index (χ1) is 11.1. The summed E-state index contributed by atoms with van der Waals surface area (Å²) in [6, 6.07) is 7.33. The Kier molecular flexibility index (Phi) is 4.96. The van der Waals surface area contributed by atoms with Gasteiger partial charge in [0, 0.05) is 49.8 Å². The fraction of sp³-hybridized carbons (Fsp3) is 0.556. The summed E-state index contributed by atoms with van der Waals surface area (Å²) in [4.78, 5) is 6.49. The van der Waals surface area contributed by atoms with Gasteiger partial charge in [-0.25, -0.2) is 0 Å². The normalized spacial score (nSPS) is 25.4. The molecule has 1 N–H and O–H groups in total. The highest BCUT2D eigenvalue weighted by Gasteiger charge is 2.29. The lowest BCUT2D eigenvalue weighted by Gasteiger charge is -2.40. The summed E-state index contributed by atoms with van der Waals surface area (Å²) in [5, 5.41) is 8.31. The average Bonchev–Trinajstić information content (AvgIpc) is 2.99. The number of pyridine rings is 1. The molecular weight excluding hydrogens is 286 g/mol. The quantitative estimate of drug-likeness (QED) is 0.922. The molecule has 2 aromatic rings. The predicted molar refractivity (Wildman–Crippen MR) is 93.5 cm³/mol. The van der Waals surface area contributed by atoms with Crippen molar-refractivity contribution < 1.29 is 0 Å². The van der Waals surface area contributed by atoms with Crippen molar-refractivity contribution in [1.82, 2.24) is 19.7 Å². The lowest BCUT2D eigenvalue weighted by atomic mass is 9.90. The number of anilines is 1. The fourth-order valence-electron chi connectivity index (χ4n) is 3.29. The van der Waals surface area contributed by atoms with E-state index in [-0.39, 0.29) is 0 Å². The highest BCUT2D eigenvalue weighted by molar-refractivity contribution is 5.34. The van der Waals surface area contributed by atoms with Crippen molar-refractivity contribution in [3.8, 4) is 0 Å². The van der Waals surface area contributed by atoms with Gasteiger partial charge in [0.25, 0.3) is 0 Å². The van der Waals surface area contributed by atoms with E-state index in [2.05, 4.69) is 65.6 Å². The Labute approximate surface area is 138 Å². The molecule has 0 aromatic carbocycles. The van der Waals surface area contributed by atoms with E-state index in [1.807, 2.05) is 17.1 Å². The largest absolute Gasteiger partial charge is 0.365 e. The topological polar surface area (TPSA) is 46.0 Å². The second-order valence-corrected chi connectivity index (χ2v) is 6.82. The number of hydrogen-bond donors (Lipinski definition) is 1. The maximum absolute atomic E-state index is 4.67. The third-order valence-corrected chi connectivity index (χ3v) is 4.96. The maximum atomic E-state index is 4.67. The molecule has 124 valence electrons. The Hall–Kier alpha value is -1.88. The zero-order valence-electron chi connectivity index (χ0n) is 14.3. The molecule has 3 heterocycles. The van der Waals surface area contributed by atoms with E-state index in [9.17, 15) is 0 Å². The van der Waals surface area contributed by atoms with Crippen LogP contribution in [0.4, 0.5) is 5.82 Å². The molecule has 1 fully saturated rings. The van der Waals surface area contributed by atoms with E-state index in [4.69, 9.17) is 0 Å². The third kappa shape index (κ3) is 4.10. The van der Waals surface area contributed by atoms with Gasteiger partial charge >= 0.3 is 0 Å². The zero-order chi connectivity index (χ0) is 16.2. The number of nitrogens with zero attached hydrogens (tertiary/aromatic N) is 4. The van der Waals surface area contributed by atoms with Gasteiger partial charge in [-0.2, -0.15) is 5.10 Å². The smallest absolute Gasteiger partial charge is 0.148 e. The molecular formula is C18H27N5. The van der Waals surface area contributed by atoms with Crippen LogP contribution in [0.3, 0.4) is 0 Å². The average molecular weight is 313 g/mol. The van der Waals surface area contributed by atoms with Gasteiger partial charge in [0.2, 0.25) is 0 Å². The summed E-state index contributed by atoms with van der Waals surface area (Å²) < 4.78 is 2.02. The molecule has 0 spiro atoms. The molecule has 1 aliphatic rings. The van der Waals surface area contributed by atoms with Crippen LogP contribution >= 0.6 is 0 Å². The van der Waals surface area contributed by atoms with Crippen molar-refractivity contribution in [1.29, 1.82) is 0 Å². The number of piperidine rings is 1. The molecule has 2 aromatic heterocycles. The Morgan fingerprint density at radius 2 is 2.00 bits per heavy atom. The summed E-state index contributed by atoms with van der Waals surface area (Å²) >= 11 is 0. The highest BCUT2D eigenvalue weighted by Crippen LogP contribution is 2.23. The lowest BCUT2D eigenvalue weighted by molar-refractivity contribution is 0.145. The van der Waals surface area contributed by atoms with Crippen molar-refractivity contribution in [3.63, 3.8) is 0 Å². The van der Waals surface area contributed by atoms with Crippen LogP contribution in [-0.2, 0) is 13.0 Å². The Bertz CT molecular complexity index is 609. The van der Waals surface area contributed by atoms with E-state index < -0.39 is 0 Å². The maximum Gasteiger partial charge on any atom is 0.148 e. The van der Waals surface area contributed by atoms with E-state index in [1.54, 1.807) is 0 Å². The molecule has 23 heavy (non-hydrogen) atoms. The van der Waals surface area contributed by atoms with E-state index in [0.29, 0.717) is 18.0 Å². The standard InChI is InChI=1S/C18H27N5/c1-14-13-22(3)15(2)12-17(14)20-18-7-11-23(21-18)10-6-16-4-8-19-9-5-16/h4-5,7-9,11,14-15,17H,6,10,12-13H2,1-3H3,(H,20,21)/t14-,15+,17+/m1/s1. The molecule has 0 bridgehead atoms. The number of hydrogen-bond acceptors (Lipinski definition) is 4. The first-order valence-electron chi connectivity index (χ1n) is 8.51. The number of aryl methyl sites for hydroxylation is 2. The first kappa shape index (κ1) is 16.0. The number of likely N-dealkylation sites (tertiary alicyclic amines) is 1. The minimum atomic E-state index is 0.504. The molecule has 0 aliphatic carbocycles. The Morgan fingerprint density at radius 3 is 2.78 bits per heavy atom. The van der Waals surface area contributed by atoms with Crippen molar-refractivity contribution in [2.75, 3.05) is 18.9 Å². The molecule has 5 nitrogen and oxygen atoms in total. The third-order valence-electron chi connectivity index (χ3n) is 4.96. The van der Waals surface area contributed by atoms with Crippen LogP contribution in [0, 0.1) is 5.92 Å². The van der Waals surface area contributed by atoms with Crippen molar-refractivity contribution >= 4 is 5.82 Å². The molecule has 0 amide bonds. The van der Waals surface area contributed by atoms with Gasteiger partial charge in [-0.1, -0.05) is 6.92 Å². The van der Waals surface area contributed by atoms with Crippen LogP contribution in [0.15, 0.2) is 36.8 Å². The highest BCUT2D eigenvalue weighted by atomic mass is 15.3. The van der Waals surface area contributed by atoms with Gasteiger partial charge < -0.3 is 10.2 Å². The fourth-order valence-corrected chi connectivity index (χ4v) is 3.29. The molecule has 1 saturated heterocycles.